The molecule has 2 rings (SSSR count). The SMILES string of the molecule is CC.CCc1c(F)cc(F)c2sc(N)nc12. The molecule has 0 aliphatic rings. The van der Waals surface area contributed by atoms with Crippen molar-refractivity contribution in [1.29, 1.82) is 0 Å². The van der Waals surface area contributed by atoms with Crippen LogP contribution in [0.4, 0.5) is 13.9 Å². The zero-order valence-electron chi connectivity index (χ0n) is 9.47. The van der Waals surface area contributed by atoms with Crippen molar-refractivity contribution in [2.45, 2.75) is 27.2 Å². The molecule has 0 atom stereocenters. The summed E-state index contributed by atoms with van der Waals surface area (Å²) >= 11 is 1.04. The lowest BCUT2D eigenvalue weighted by Crippen LogP contribution is -1.92. The molecule has 0 radical (unpaired) electrons. The predicted molar refractivity (Wildman–Crippen MR) is 64.7 cm³/mol. The minimum atomic E-state index is -0.594. The van der Waals surface area contributed by atoms with E-state index in [9.17, 15) is 8.78 Å². The van der Waals surface area contributed by atoms with Crippen molar-refractivity contribution < 1.29 is 8.78 Å². The van der Waals surface area contributed by atoms with Crippen LogP contribution >= 0.6 is 11.3 Å². The number of fused-ring (bicyclic) bond motifs is 1. The van der Waals surface area contributed by atoms with Crippen molar-refractivity contribution in [2.75, 3.05) is 5.73 Å². The van der Waals surface area contributed by atoms with E-state index in [1.165, 1.54) is 0 Å². The number of anilines is 1. The van der Waals surface area contributed by atoms with Crippen LogP contribution in [0.5, 0.6) is 0 Å². The molecule has 0 unspecified atom stereocenters. The molecule has 0 spiro atoms. The van der Waals surface area contributed by atoms with Gasteiger partial charge >= 0.3 is 0 Å². The lowest BCUT2D eigenvalue weighted by Gasteiger charge is -2.00. The van der Waals surface area contributed by atoms with Crippen molar-refractivity contribution in [1.82, 2.24) is 4.98 Å². The van der Waals surface area contributed by atoms with Crippen LogP contribution < -0.4 is 5.73 Å². The Hall–Kier alpha value is -1.23. The van der Waals surface area contributed by atoms with E-state index in [2.05, 4.69) is 4.98 Å². The number of hydrogen-bond acceptors (Lipinski definition) is 3. The number of nitrogens with zero attached hydrogens (tertiary/aromatic N) is 1. The molecule has 2 N–H and O–H groups in total. The molecule has 0 saturated carbocycles. The normalized spacial score (nSPS) is 10.1. The largest absolute Gasteiger partial charge is 0.375 e. The van der Waals surface area contributed by atoms with Gasteiger partial charge in [-0.1, -0.05) is 32.1 Å². The smallest absolute Gasteiger partial charge is 0.181 e. The Morgan fingerprint density at radius 3 is 2.50 bits per heavy atom. The van der Waals surface area contributed by atoms with Crippen LogP contribution in [-0.4, -0.2) is 4.98 Å². The van der Waals surface area contributed by atoms with Gasteiger partial charge in [0.1, 0.15) is 11.6 Å². The summed E-state index contributed by atoms with van der Waals surface area (Å²) in [6.45, 7) is 5.80. The first kappa shape index (κ1) is 12.8. The molecule has 0 saturated heterocycles. The third kappa shape index (κ3) is 2.14. The van der Waals surface area contributed by atoms with E-state index in [0.717, 1.165) is 17.4 Å². The molecule has 1 aromatic carbocycles. The summed E-state index contributed by atoms with van der Waals surface area (Å²) in [6, 6.07) is 0.888. The van der Waals surface area contributed by atoms with Gasteiger partial charge in [-0.3, -0.25) is 0 Å². The average molecular weight is 244 g/mol. The van der Waals surface area contributed by atoms with Crippen molar-refractivity contribution in [2.24, 2.45) is 0 Å². The molecular weight excluding hydrogens is 230 g/mol. The summed E-state index contributed by atoms with van der Waals surface area (Å²) < 4.78 is 26.9. The monoisotopic (exact) mass is 244 g/mol. The Kier molecular flexibility index (Phi) is 4.18. The van der Waals surface area contributed by atoms with Crippen LogP contribution in [-0.2, 0) is 6.42 Å². The van der Waals surface area contributed by atoms with E-state index >= 15 is 0 Å². The fraction of sp³-hybridized carbons (Fsp3) is 0.364. The summed E-state index contributed by atoms with van der Waals surface area (Å²) in [5.41, 5.74) is 6.23. The van der Waals surface area contributed by atoms with Gasteiger partial charge in [0.15, 0.2) is 5.13 Å². The molecule has 0 fully saturated rings. The van der Waals surface area contributed by atoms with E-state index in [0.29, 0.717) is 22.2 Å². The molecule has 1 heterocycles. The van der Waals surface area contributed by atoms with Gasteiger partial charge in [-0.05, 0) is 6.42 Å². The Balaban J connectivity index is 0.000000606. The van der Waals surface area contributed by atoms with Gasteiger partial charge in [0, 0.05) is 11.6 Å². The molecule has 88 valence electrons. The number of hydrogen-bond donors (Lipinski definition) is 1. The van der Waals surface area contributed by atoms with Crippen molar-refractivity contribution in [3.05, 3.63) is 23.3 Å². The third-order valence-electron chi connectivity index (χ3n) is 2.04. The molecule has 0 amide bonds. The van der Waals surface area contributed by atoms with Crippen molar-refractivity contribution in [3.8, 4) is 0 Å². The Morgan fingerprint density at radius 2 is 1.94 bits per heavy atom. The number of aryl methyl sites for hydroxylation is 1. The lowest BCUT2D eigenvalue weighted by atomic mass is 10.1. The number of rotatable bonds is 1. The number of nitrogens with two attached hydrogens (primary N) is 1. The number of thiazole rings is 1. The fourth-order valence-electron chi connectivity index (χ4n) is 1.42. The predicted octanol–water partition coefficient (Wildman–Crippen LogP) is 3.75. The highest BCUT2D eigenvalue weighted by molar-refractivity contribution is 7.22. The Bertz CT molecular complexity index is 494. The summed E-state index contributed by atoms with van der Waals surface area (Å²) in [4.78, 5) is 3.92. The van der Waals surface area contributed by atoms with Crippen LogP contribution in [0, 0.1) is 11.6 Å². The summed E-state index contributed by atoms with van der Waals surface area (Å²) in [7, 11) is 0. The number of halogens is 2. The highest BCUT2D eigenvalue weighted by Crippen LogP contribution is 2.30. The number of nitrogen functional groups attached to an aromatic ring is 1. The number of benzene rings is 1. The molecule has 5 heteroatoms. The van der Waals surface area contributed by atoms with E-state index in [1.54, 1.807) is 6.92 Å². The minimum absolute atomic E-state index is 0.263. The maximum atomic E-state index is 13.3. The van der Waals surface area contributed by atoms with Gasteiger partial charge in [-0.15, -0.1) is 0 Å². The maximum absolute atomic E-state index is 13.3. The second-order valence-electron chi connectivity index (χ2n) is 2.90. The molecule has 0 aliphatic carbocycles. The zero-order chi connectivity index (χ0) is 12.3. The van der Waals surface area contributed by atoms with Gasteiger partial charge in [0.2, 0.25) is 0 Å². The van der Waals surface area contributed by atoms with E-state index < -0.39 is 11.6 Å². The molecule has 0 aliphatic heterocycles. The van der Waals surface area contributed by atoms with Crippen molar-refractivity contribution in [3.63, 3.8) is 0 Å². The number of aromatic nitrogens is 1. The van der Waals surface area contributed by atoms with Crippen LogP contribution in [0.15, 0.2) is 6.07 Å². The van der Waals surface area contributed by atoms with Gasteiger partial charge < -0.3 is 5.73 Å². The fourth-order valence-corrected chi connectivity index (χ4v) is 2.18. The Morgan fingerprint density at radius 1 is 1.31 bits per heavy atom. The second kappa shape index (κ2) is 5.21. The quantitative estimate of drug-likeness (QED) is 0.829. The summed E-state index contributed by atoms with van der Waals surface area (Å²) in [5, 5.41) is 0.263. The molecule has 16 heavy (non-hydrogen) atoms. The molecule has 2 nitrogen and oxygen atoms in total. The Labute approximate surface area is 97.1 Å². The van der Waals surface area contributed by atoms with Crippen LogP contribution in [0.1, 0.15) is 26.3 Å². The van der Waals surface area contributed by atoms with E-state index in [4.69, 9.17) is 5.73 Å². The highest BCUT2D eigenvalue weighted by Gasteiger charge is 2.14. The average Bonchev–Trinajstić information content (AvgIpc) is 2.64. The summed E-state index contributed by atoms with van der Waals surface area (Å²) in [5.74, 6) is -1.15. The lowest BCUT2D eigenvalue weighted by molar-refractivity contribution is 0.583. The van der Waals surface area contributed by atoms with Crippen LogP contribution in [0.25, 0.3) is 10.2 Å². The van der Waals surface area contributed by atoms with Crippen LogP contribution in [0.2, 0.25) is 0 Å². The molecule has 2 aromatic rings. The van der Waals surface area contributed by atoms with Gasteiger partial charge in [-0.2, -0.15) is 0 Å². The molecule has 1 aromatic heterocycles. The first-order chi connectivity index (χ1) is 7.63. The molecule has 0 bridgehead atoms. The topological polar surface area (TPSA) is 38.9 Å². The van der Waals surface area contributed by atoms with Crippen LogP contribution in [0.3, 0.4) is 0 Å². The van der Waals surface area contributed by atoms with E-state index in [-0.39, 0.29) is 5.13 Å². The van der Waals surface area contributed by atoms with Crippen molar-refractivity contribution >= 4 is 26.7 Å². The first-order valence-electron chi connectivity index (χ1n) is 5.16. The zero-order valence-corrected chi connectivity index (χ0v) is 10.3. The second-order valence-corrected chi connectivity index (χ2v) is 3.93. The third-order valence-corrected chi connectivity index (χ3v) is 2.93. The first-order valence-corrected chi connectivity index (χ1v) is 5.98. The summed E-state index contributed by atoms with van der Waals surface area (Å²) in [6.07, 6.45) is 0.478. The standard InChI is InChI=1S/C9H8F2N2S.C2H6/c1-2-4-5(10)3-6(11)8-7(4)13-9(12)14-8;1-2/h3H,2H2,1H3,(H2,12,13);1-2H3. The van der Waals surface area contributed by atoms with Gasteiger partial charge in [0.05, 0.1) is 10.2 Å². The highest BCUT2D eigenvalue weighted by atomic mass is 32.1. The minimum Gasteiger partial charge on any atom is -0.375 e. The van der Waals surface area contributed by atoms with Gasteiger partial charge in [-0.25, -0.2) is 13.8 Å². The van der Waals surface area contributed by atoms with E-state index in [1.807, 2.05) is 13.8 Å². The molecular formula is C11H14F2N2S. The van der Waals surface area contributed by atoms with Gasteiger partial charge in [0.25, 0.3) is 0 Å². The maximum Gasteiger partial charge on any atom is 0.181 e.